The van der Waals surface area contributed by atoms with Crippen molar-refractivity contribution < 1.29 is 14.3 Å². The molecule has 1 aliphatic heterocycles. The van der Waals surface area contributed by atoms with E-state index in [9.17, 15) is 4.79 Å². The van der Waals surface area contributed by atoms with Gasteiger partial charge in [-0.05, 0) is 31.0 Å². The normalized spacial score (nSPS) is 14.1. The maximum atomic E-state index is 12.2. The van der Waals surface area contributed by atoms with E-state index in [4.69, 9.17) is 15.2 Å². The van der Waals surface area contributed by atoms with Crippen LogP contribution in [0.15, 0.2) is 23.1 Å². The first-order valence-electron chi connectivity index (χ1n) is 8.66. The van der Waals surface area contributed by atoms with Crippen LogP contribution in [0.2, 0.25) is 0 Å². The number of nitrogens with two attached hydrogens (primary N) is 1. The highest BCUT2D eigenvalue weighted by Crippen LogP contribution is 2.34. The minimum atomic E-state index is -0.267. The van der Waals surface area contributed by atoms with E-state index in [0.717, 1.165) is 41.4 Å². The minimum Gasteiger partial charge on any atom is -0.490 e. The van der Waals surface area contributed by atoms with Crippen LogP contribution in [0, 0.1) is 0 Å². The van der Waals surface area contributed by atoms with Gasteiger partial charge in [0.2, 0.25) is 5.91 Å². The lowest BCUT2D eigenvalue weighted by Gasteiger charge is -2.31. The molecule has 3 N–H and O–H groups in total. The van der Waals surface area contributed by atoms with Crippen LogP contribution in [0.1, 0.15) is 39.5 Å². The van der Waals surface area contributed by atoms with Crippen LogP contribution in [-0.4, -0.2) is 37.0 Å². The minimum absolute atomic E-state index is 0.0611. The summed E-state index contributed by atoms with van der Waals surface area (Å²) in [6, 6.07) is 5.94. The van der Waals surface area contributed by atoms with Gasteiger partial charge in [0.15, 0.2) is 11.5 Å². The number of thioether (sulfide) groups is 1. The molecule has 0 radical (unpaired) electrons. The highest BCUT2D eigenvalue weighted by molar-refractivity contribution is 7.99. The Labute approximate surface area is 148 Å². The van der Waals surface area contributed by atoms with Crippen molar-refractivity contribution in [2.24, 2.45) is 5.73 Å². The van der Waals surface area contributed by atoms with Crippen molar-refractivity contribution >= 4 is 17.7 Å². The van der Waals surface area contributed by atoms with Crippen molar-refractivity contribution in [3.63, 3.8) is 0 Å². The molecule has 0 bridgehead atoms. The lowest BCUT2D eigenvalue weighted by Crippen LogP contribution is -2.52. The number of rotatable bonds is 8. The summed E-state index contributed by atoms with van der Waals surface area (Å²) in [5.41, 5.74) is 5.56. The van der Waals surface area contributed by atoms with Crippen LogP contribution in [0.3, 0.4) is 0 Å². The topological polar surface area (TPSA) is 73.6 Å². The monoisotopic (exact) mass is 352 g/mol. The van der Waals surface area contributed by atoms with Gasteiger partial charge in [0.05, 0.1) is 18.8 Å². The van der Waals surface area contributed by atoms with Gasteiger partial charge < -0.3 is 20.5 Å². The SMILES string of the molecule is CCC(CC)(CN)NC(=O)CCSc1ccc2c(c1)OCCCO2. The number of benzene rings is 1. The third-order valence-electron chi connectivity index (χ3n) is 4.47. The molecule has 1 aromatic rings. The molecule has 6 heteroatoms. The summed E-state index contributed by atoms with van der Waals surface area (Å²) in [4.78, 5) is 13.3. The Bertz CT molecular complexity index is 539. The second-order valence-corrected chi connectivity index (χ2v) is 7.17. The molecule has 1 aliphatic rings. The fourth-order valence-electron chi connectivity index (χ4n) is 2.62. The van der Waals surface area contributed by atoms with E-state index >= 15 is 0 Å². The Kier molecular flexibility index (Phi) is 7.24. The van der Waals surface area contributed by atoms with E-state index in [0.29, 0.717) is 26.2 Å². The summed E-state index contributed by atoms with van der Waals surface area (Å²) in [6.45, 7) is 5.96. The largest absolute Gasteiger partial charge is 0.490 e. The summed E-state index contributed by atoms with van der Waals surface area (Å²) in [7, 11) is 0. The average Bonchev–Trinajstić information content (AvgIpc) is 2.85. The summed E-state index contributed by atoms with van der Waals surface area (Å²) >= 11 is 1.65. The van der Waals surface area contributed by atoms with Gasteiger partial charge in [-0.15, -0.1) is 11.8 Å². The lowest BCUT2D eigenvalue weighted by atomic mass is 9.93. The summed E-state index contributed by atoms with van der Waals surface area (Å²) in [6.07, 6.45) is 3.07. The molecule has 1 aromatic carbocycles. The number of carbonyl (C=O) groups excluding carboxylic acids is 1. The maximum Gasteiger partial charge on any atom is 0.221 e. The smallest absolute Gasteiger partial charge is 0.221 e. The number of hydrogen-bond acceptors (Lipinski definition) is 5. The van der Waals surface area contributed by atoms with E-state index < -0.39 is 0 Å². The van der Waals surface area contributed by atoms with Crippen molar-refractivity contribution in [2.45, 2.75) is 50.0 Å². The van der Waals surface area contributed by atoms with Gasteiger partial charge >= 0.3 is 0 Å². The van der Waals surface area contributed by atoms with Gasteiger partial charge in [-0.25, -0.2) is 0 Å². The first kappa shape index (κ1) is 18.9. The predicted octanol–water partition coefficient (Wildman–Crippen LogP) is 2.96. The Morgan fingerprint density at radius 2 is 1.96 bits per heavy atom. The first-order valence-corrected chi connectivity index (χ1v) is 9.64. The third kappa shape index (κ3) is 5.05. The van der Waals surface area contributed by atoms with Gasteiger partial charge in [-0.2, -0.15) is 0 Å². The Morgan fingerprint density at radius 3 is 2.62 bits per heavy atom. The molecule has 0 saturated heterocycles. The van der Waals surface area contributed by atoms with Crippen LogP contribution in [-0.2, 0) is 4.79 Å². The van der Waals surface area contributed by atoms with Gasteiger partial charge in [-0.3, -0.25) is 4.79 Å². The zero-order valence-corrected chi connectivity index (χ0v) is 15.4. The molecule has 5 nitrogen and oxygen atoms in total. The Morgan fingerprint density at radius 1 is 1.25 bits per heavy atom. The fourth-order valence-corrected chi connectivity index (χ4v) is 3.50. The molecule has 2 rings (SSSR count). The van der Waals surface area contributed by atoms with Crippen molar-refractivity contribution in [2.75, 3.05) is 25.5 Å². The Balaban J connectivity index is 1.83. The summed E-state index contributed by atoms with van der Waals surface area (Å²) in [5.74, 6) is 2.37. The number of fused-ring (bicyclic) bond motifs is 1. The Hall–Kier alpha value is -1.40. The van der Waals surface area contributed by atoms with Gasteiger partial charge in [0.25, 0.3) is 0 Å². The van der Waals surface area contributed by atoms with Crippen LogP contribution in [0.25, 0.3) is 0 Å². The van der Waals surface area contributed by atoms with Crippen molar-refractivity contribution in [3.05, 3.63) is 18.2 Å². The zero-order chi connectivity index (χ0) is 17.4. The lowest BCUT2D eigenvalue weighted by molar-refractivity contribution is -0.122. The summed E-state index contributed by atoms with van der Waals surface area (Å²) in [5, 5.41) is 3.10. The second-order valence-electron chi connectivity index (χ2n) is 6.00. The van der Waals surface area contributed by atoms with Crippen molar-refractivity contribution in [1.82, 2.24) is 5.32 Å². The fraction of sp³-hybridized carbons (Fsp3) is 0.611. The molecular weight excluding hydrogens is 324 g/mol. The quantitative estimate of drug-likeness (QED) is 0.704. The zero-order valence-electron chi connectivity index (χ0n) is 14.6. The maximum absolute atomic E-state index is 12.2. The molecule has 0 spiro atoms. The van der Waals surface area contributed by atoms with Gasteiger partial charge in [-0.1, -0.05) is 13.8 Å². The molecule has 0 fully saturated rings. The van der Waals surface area contributed by atoms with E-state index in [-0.39, 0.29) is 11.4 Å². The van der Waals surface area contributed by atoms with Crippen LogP contribution in [0.5, 0.6) is 11.5 Å². The number of ether oxygens (including phenoxy) is 2. The summed E-state index contributed by atoms with van der Waals surface area (Å²) < 4.78 is 11.3. The van der Waals surface area contributed by atoms with Crippen LogP contribution < -0.4 is 20.5 Å². The highest BCUT2D eigenvalue weighted by atomic mass is 32.2. The number of amides is 1. The van der Waals surface area contributed by atoms with E-state index in [1.165, 1.54) is 0 Å². The third-order valence-corrected chi connectivity index (χ3v) is 5.46. The predicted molar refractivity (Wildman–Crippen MR) is 97.9 cm³/mol. The molecule has 0 unspecified atom stereocenters. The van der Waals surface area contributed by atoms with Crippen LogP contribution >= 0.6 is 11.8 Å². The van der Waals surface area contributed by atoms with E-state index in [1.807, 2.05) is 18.2 Å². The van der Waals surface area contributed by atoms with Crippen molar-refractivity contribution in [1.29, 1.82) is 0 Å². The van der Waals surface area contributed by atoms with Crippen LogP contribution in [0.4, 0.5) is 0 Å². The van der Waals surface area contributed by atoms with Crippen molar-refractivity contribution in [3.8, 4) is 11.5 Å². The molecule has 134 valence electrons. The second kappa shape index (κ2) is 9.18. The van der Waals surface area contributed by atoms with Gasteiger partial charge in [0, 0.05) is 30.0 Å². The highest BCUT2D eigenvalue weighted by Gasteiger charge is 2.25. The molecule has 1 heterocycles. The van der Waals surface area contributed by atoms with E-state index in [2.05, 4.69) is 19.2 Å². The molecular formula is C18H28N2O3S. The number of carbonyl (C=O) groups is 1. The molecule has 0 atom stereocenters. The first-order chi connectivity index (χ1) is 11.6. The molecule has 24 heavy (non-hydrogen) atoms. The molecule has 0 aliphatic carbocycles. The molecule has 0 saturated carbocycles. The molecule has 0 aromatic heterocycles. The number of nitrogens with one attached hydrogen (secondary N) is 1. The average molecular weight is 353 g/mol. The van der Waals surface area contributed by atoms with E-state index in [1.54, 1.807) is 11.8 Å². The number of hydrogen-bond donors (Lipinski definition) is 2. The molecule has 1 amide bonds. The van der Waals surface area contributed by atoms with Gasteiger partial charge in [0.1, 0.15) is 0 Å². The standard InChI is InChI=1S/C18H28N2O3S/c1-3-18(4-2,13-19)20-17(21)8-11-24-14-6-7-15-16(12-14)23-10-5-9-22-15/h6-7,12H,3-5,8-11,13,19H2,1-2H3,(H,20,21).